The maximum atomic E-state index is 15.0. The number of carboxylic acids is 1. The first-order chi connectivity index (χ1) is 25.5. The highest BCUT2D eigenvalue weighted by atomic mass is 16.5. The van der Waals surface area contributed by atoms with Crippen molar-refractivity contribution in [3.05, 3.63) is 12.2 Å². The Morgan fingerprint density at radius 3 is 2.11 bits per heavy atom. The Labute approximate surface area is 332 Å². The second kappa shape index (κ2) is 13.3. The molecule has 0 bridgehead atoms. The van der Waals surface area contributed by atoms with Gasteiger partial charge in [-0.3, -0.25) is 19.2 Å². The van der Waals surface area contributed by atoms with Crippen molar-refractivity contribution in [1.82, 2.24) is 10.2 Å². The van der Waals surface area contributed by atoms with Crippen LogP contribution in [0.25, 0.3) is 0 Å². The Bertz CT molecular complexity index is 1610. The lowest BCUT2D eigenvalue weighted by Crippen LogP contribution is -2.68. The Kier molecular flexibility index (Phi) is 9.89. The average molecular weight is 763 g/mol. The van der Waals surface area contributed by atoms with Crippen LogP contribution in [0.3, 0.4) is 0 Å². The van der Waals surface area contributed by atoms with Crippen LogP contribution in [0.1, 0.15) is 159 Å². The number of likely N-dealkylation sites (tertiary alicyclic amines) is 1. The molecule has 1 aliphatic heterocycles. The number of ether oxygens (including phenoxy) is 1. The molecular formula is C47H74N2O6. The summed E-state index contributed by atoms with van der Waals surface area (Å²) in [5, 5.41) is 13.3. The summed E-state index contributed by atoms with van der Waals surface area (Å²) < 4.78 is 6.19. The second-order valence-corrected chi connectivity index (χ2v) is 22.7. The maximum absolute atomic E-state index is 15.0. The van der Waals surface area contributed by atoms with Crippen molar-refractivity contribution in [1.29, 1.82) is 0 Å². The van der Waals surface area contributed by atoms with E-state index in [1.54, 1.807) is 13.8 Å². The number of carboxylic acid groups (broad SMARTS) is 1. The van der Waals surface area contributed by atoms with Crippen molar-refractivity contribution in [3.8, 4) is 0 Å². The summed E-state index contributed by atoms with van der Waals surface area (Å²) >= 11 is 0. The summed E-state index contributed by atoms with van der Waals surface area (Å²) in [5.74, 6) is 1.23. The molecule has 1 heterocycles. The highest BCUT2D eigenvalue weighted by molar-refractivity contribution is 5.86. The van der Waals surface area contributed by atoms with Gasteiger partial charge in [-0.05, 0) is 155 Å². The SMILES string of the molecule is C=C(C)[C@@H]1CC[C@]2(C(=O)N[C@H]3C[C@H](C(=O)N4CCCC4)C3(C)C)CC[C@@]3(C)C4CC[C@H]5C(C)(C)[C@@H](OC(=O)CC(C)(C)C(=O)O)CC[C@]5(C)[C@H]4CC[C@]3(C)C12. The monoisotopic (exact) mass is 763 g/mol. The third-order valence-corrected chi connectivity index (χ3v) is 19.2. The van der Waals surface area contributed by atoms with Gasteiger partial charge in [-0.2, -0.15) is 0 Å². The minimum absolute atomic E-state index is 0.00432. The maximum Gasteiger partial charge on any atom is 0.309 e. The van der Waals surface area contributed by atoms with E-state index in [1.807, 2.05) is 4.90 Å². The molecule has 0 aromatic carbocycles. The molecule has 55 heavy (non-hydrogen) atoms. The quantitative estimate of drug-likeness (QED) is 0.188. The molecule has 12 atom stereocenters. The first-order valence-corrected chi connectivity index (χ1v) is 22.2. The van der Waals surface area contributed by atoms with Crippen LogP contribution in [0.15, 0.2) is 12.2 Å². The van der Waals surface area contributed by atoms with Gasteiger partial charge in [-0.15, -0.1) is 0 Å². The number of allylic oxidation sites excluding steroid dienone is 1. The molecule has 7 aliphatic rings. The first-order valence-electron chi connectivity index (χ1n) is 22.2. The molecule has 6 aliphatic carbocycles. The van der Waals surface area contributed by atoms with Gasteiger partial charge in [-0.1, -0.05) is 60.6 Å². The molecule has 2 unspecified atom stereocenters. The van der Waals surface area contributed by atoms with Gasteiger partial charge < -0.3 is 20.1 Å². The van der Waals surface area contributed by atoms with Crippen LogP contribution < -0.4 is 5.32 Å². The van der Waals surface area contributed by atoms with Gasteiger partial charge in [0.15, 0.2) is 0 Å². The predicted octanol–water partition coefficient (Wildman–Crippen LogP) is 9.21. The number of hydrogen-bond donors (Lipinski definition) is 2. The van der Waals surface area contributed by atoms with Crippen molar-refractivity contribution in [2.75, 3.05) is 13.1 Å². The van der Waals surface area contributed by atoms with Gasteiger partial charge in [0.2, 0.25) is 11.8 Å². The number of nitrogens with one attached hydrogen (secondary N) is 1. The lowest BCUT2D eigenvalue weighted by atomic mass is 9.33. The van der Waals surface area contributed by atoms with Crippen LogP contribution in [0.4, 0.5) is 0 Å². The summed E-state index contributed by atoms with van der Waals surface area (Å²) in [5.41, 5.74) is -0.605. The van der Waals surface area contributed by atoms with Crippen molar-refractivity contribution in [2.24, 2.45) is 73.4 Å². The second-order valence-electron chi connectivity index (χ2n) is 22.7. The fraction of sp³-hybridized carbons (Fsp3) is 0.872. The summed E-state index contributed by atoms with van der Waals surface area (Å²) in [7, 11) is 0. The minimum atomic E-state index is -1.16. The average Bonchev–Trinajstić information content (AvgIpc) is 3.78. The molecule has 7 fully saturated rings. The third kappa shape index (κ3) is 5.91. The molecule has 0 aromatic heterocycles. The van der Waals surface area contributed by atoms with Crippen molar-refractivity contribution < 1.29 is 29.0 Å². The fourth-order valence-corrected chi connectivity index (χ4v) is 15.4. The molecule has 0 radical (unpaired) electrons. The normalized spacial score (nSPS) is 44.1. The molecule has 0 spiro atoms. The molecule has 7 rings (SSSR count). The number of hydrogen-bond acceptors (Lipinski definition) is 5. The molecule has 308 valence electrons. The third-order valence-electron chi connectivity index (χ3n) is 19.2. The van der Waals surface area contributed by atoms with Crippen LogP contribution in [-0.2, 0) is 23.9 Å². The predicted molar refractivity (Wildman–Crippen MR) is 215 cm³/mol. The van der Waals surface area contributed by atoms with Gasteiger partial charge in [0, 0.05) is 30.5 Å². The van der Waals surface area contributed by atoms with E-state index < -0.39 is 22.8 Å². The van der Waals surface area contributed by atoms with E-state index in [2.05, 4.69) is 67.3 Å². The number of nitrogens with zero attached hydrogens (tertiary/aromatic N) is 1. The van der Waals surface area contributed by atoms with E-state index >= 15 is 4.79 Å². The smallest absolute Gasteiger partial charge is 0.309 e. The highest BCUT2D eigenvalue weighted by Gasteiger charge is 2.73. The number of carbonyl (C=O) groups excluding carboxylic acids is 3. The zero-order valence-electron chi connectivity index (χ0n) is 36.1. The topological polar surface area (TPSA) is 113 Å². The molecule has 2 amide bonds. The van der Waals surface area contributed by atoms with Crippen molar-refractivity contribution in [2.45, 2.75) is 171 Å². The zero-order valence-corrected chi connectivity index (χ0v) is 36.1. The number of esters is 1. The molecular weight excluding hydrogens is 689 g/mol. The van der Waals surface area contributed by atoms with Gasteiger partial charge in [0.1, 0.15) is 6.10 Å². The Hall–Kier alpha value is -2.38. The Morgan fingerprint density at radius 1 is 0.818 bits per heavy atom. The summed E-state index contributed by atoms with van der Waals surface area (Å²) in [6, 6.07) is 0.0175. The van der Waals surface area contributed by atoms with Crippen molar-refractivity contribution >= 4 is 23.8 Å². The molecule has 2 N–H and O–H groups in total. The molecule has 1 saturated heterocycles. The van der Waals surface area contributed by atoms with Gasteiger partial charge in [-0.25, -0.2) is 0 Å². The summed E-state index contributed by atoms with van der Waals surface area (Å²) in [6.45, 7) is 28.4. The van der Waals surface area contributed by atoms with Crippen LogP contribution >= 0.6 is 0 Å². The zero-order chi connectivity index (χ0) is 40.3. The van der Waals surface area contributed by atoms with Crippen molar-refractivity contribution in [3.63, 3.8) is 0 Å². The largest absolute Gasteiger partial charge is 0.481 e. The van der Waals surface area contributed by atoms with E-state index in [0.29, 0.717) is 23.7 Å². The molecule has 0 aromatic rings. The van der Waals surface area contributed by atoms with Gasteiger partial charge in [0.25, 0.3) is 0 Å². The van der Waals surface area contributed by atoms with E-state index in [1.165, 1.54) is 5.57 Å². The van der Waals surface area contributed by atoms with E-state index in [9.17, 15) is 19.5 Å². The van der Waals surface area contributed by atoms with Crippen LogP contribution in [0.5, 0.6) is 0 Å². The van der Waals surface area contributed by atoms with Crippen LogP contribution in [0, 0.1) is 73.4 Å². The highest BCUT2D eigenvalue weighted by Crippen LogP contribution is 2.78. The number of amides is 2. The first kappa shape index (κ1) is 40.8. The molecule has 8 heteroatoms. The number of carbonyl (C=O) groups is 4. The summed E-state index contributed by atoms with van der Waals surface area (Å²) in [4.78, 5) is 55.4. The Morgan fingerprint density at radius 2 is 1.49 bits per heavy atom. The van der Waals surface area contributed by atoms with Gasteiger partial charge in [0.05, 0.1) is 17.3 Å². The number of aliphatic carboxylic acids is 1. The lowest BCUT2D eigenvalue weighted by Gasteiger charge is -2.72. The Balaban J connectivity index is 1.11. The summed E-state index contributed by atoms with van der Waals surface area (Å²) in [6.07, 6.45) is 12.8. The van der Waals surface area contributed by atoms with E-state index in [0.717, 1.165) is 96.6 Å². The molecule has 6 saturated carbocycles. The van der Waals surface area contributed by atoms with Gasteiger partial charge >= 0.3 is 11.9 Å². The number of rotatable bonds is 8. The fourth-order valence-electron chi connectivity index (χ4n) is 15.4. The van der Waals surface area contributed by atoms with E-state index in [4.69, 9.17) is 4.74 Å². The van der Waals surface area contributed by atoms with Crippen LogP contribution in [-0.4, -0.2) is 59.0 Å². The molecule has 8 nitrogen and oxygen atoms in total. The van der Waals surface area contributed by atoms with Crippen LogP contribution in [0.2, 0.25) is 0 Å². The lowest BCUT2D eigenvalue weighted by molar-refractivity contribution is -0.240. The van der Waals surface area contributed by atoms with E-state index in [-0.39, 0.29) is 69.3 Å². The standard InChI is InChI=1S/C47H74N2O6/c1-28(2)29-16-21-47(39(52)48-34-26-32(42(34,5)6)38(51)49-24-12-13-25-49)23-22-45(10)31-14-15-33-43(7,8)35(55-36(50)27-41(3,4)40(53)54)18-19-44(33,9)30(31)17-20-46(45,11)37(29)47/h29-35,37H,1,12-27H2,2-11H3,(H,48,52)(H,53,54)/t29-,30-,31?,32+,33-,34-,35-,37?,44+,45-,46+,47-/m0/s1. The minimum Gasteiger partial charge on any atom is -0.481 e. The number of fused-ring (bicyclic) bond motifs is 7.